The van der Waals surface area contributed by atoms with Gasteiger partial charge >= 0.3 is 0 Å². The first-order valence-corrected chi connectivity index (χ1v) is 7.90. The van der Waals surface area contributed by atoms with Gasteiger partial charge in [0.05, 0.1) is 19.8 Å². The normalized spacial score (nSPS) is 15.9. The molecule has 0 atom stereocenters. The van der Waals surface area contributed by atoms with E-state index in [9.17, 15) is 0 Å². The number of fused-ring (bicyclic) bond motifs is 1. The minimum Gasteiger partial charge on any atom is -0.379 e. The summed E-state index contributed by atoms with van der Waals surface area (Å²) in [5, 5.41) is 15.8. The molecular formula is C14H19N9O. The van der Waals surface area contributed by atoms with E-state index in [0.717, 1.165) is 45.2 Å². The molecule has 0 aliphatic carbocycles. The molecule has 0 amide bonds. The predicted molar refractivity (Wildman–Crippen MR) is 86.9 cm³/mol. The zero-order chi connectivity index (χ0) is 16.4. The number of rotatable bonds is 5. The first kappa shape index (κ1) is 15.0. The zero-order valence-corrected chi connectivity index (χ0v) is 13.5. The number of ether oxygens (including phenoxy) is 1. The van der Waals surface area contributed by atoms with Gasteiger partial charge in [0.1, 0.15) is 6.33 Å². The Morgan fingerprint density at radius 2 is 2.08 bits per heavy atom. The summed E-state index contributed by atoms with van der Waals surface area (Å²) in [6, 6.07) is 1.92. The van der Waals surface area contributed by atoms with Crippen LogP contribution in [-0.2, 0) is 18.3 Å². The Morgan fingerprint density at radius 3 is 2.96 bits per heavy atom. The van der Waals surface area contributed by atoms with Crippen LogP contribution < -0.4 is 5.32 Å². The highest BCUT2D eigenvalue weighted by molar-refractivity contribution is 5.83. The number of hydrogen-bond acceptors (Lipinski definition) is 8. The summed E-state index contributed by atoms with van der Waals surface area (Å²) in [5.74, 6) is 1.33. The van der Waals surface area contributed by atoms with Crippen LogP contribution in [-0.4, -0.2) is 72.5 Å². The maximum atomic E-state index is 5.36. The van der Waals surface area contributed by atoms with Gasteiger partial charge in [-0.1, -0.05) is 5.21 Å². The highest BCUT2D eigenvalue weighted by Gasteiger charge is 2.12. The molecular weight excluding hydrogens is 310 g/mol. The largest absolute Gasteiger partial charge is 0.379 e. The number of nitrogens with one attached hydrogen (secondary N) is 1. The highest BCUT2D eigenvalue weighted by atomic mass is 16.5. The monoisotopic (exact) mass is 329 g/mol. The molecule has 3 aromatic heterocycles. The molecule has 1 fully saturated rings. The van der Waals surface area contributed by atoms with Crippen molar-refractivity contribution in [2.45, 2.75) is 6.54 Å². The summed E-state index contributed by atoms with van der Waals surface area (Å²) in [5.41, 5.74) is 1.31. The zero-order valence-electron chi connectivity index (χ0n) is 13.5. The van der Waals surface area contributed by atoms with Crippen LogP contribution in [0.2, 0.25) is 0 Å². The summed E-state index contributed by atoms with van der Waals surface area (Å²) >= 11 is 0. The highest BCUT2D eigenvalue weighted by Crippen LogP contribution is 2.19. The van der Waals surface area contributed by atoms with Crippen molar-refractivity contribution in [1.29, 1.82) is 0 Å². The Labute approximate surface area is 138 Å². The van der Waals surface area contributed by atoms with Gasteiger partial charge in [-0.3, -0.25) is 9.58 Å². The average Bonchev–Trinajstić information content (AvgIpc) is 3.22. The number of morpholine rings is 1. The SMILES string of the molecule is Cn1nnc2c(Nc3ccn(CCN4CCOCC4)n3)ncnc21. The van der Waals surface area contributed by atoms with Crippen LogP contribution in [0.3, 0.4) is 0 Å². The Bertz CT molecular complexity index is 821. The van der Waals surface area contributed by atoms with Gasteiger partial charge in [0, 0.05) is 38.9 Å². The van der Waals surface area contributed by atoms with Crippen LogP contribution in [0, 0.1) is 0 Å². The van der Waals surface area contributed by atoms with Crippen molar-refractivity contribution < 1.29 is 4.74 Å². The first-order chi connectivity index (χ1) is 11.8. The van der Waals surface area contributed by atoms with Crippen LogP contribution in [0.1, 0.15) is 0 Å². The average molecular weight is 329 g/mol. The Hall–Kier alpha value is -2.59. The molecule has 1 N–H and O–H groups in total. The number of aryl methyl sites for hydroxylation is 1. The number of nitrogens with zero attached hydrogens (tertiary/aromatic N) is 8. The van der Waals surface area contributed by atoms with Crippen molar-refractivity contribution >= 4 is 22.8 Å². The lowest BCUT2D eigenvalue weighted by molar-refractivity contribution is 0.0360. The van der Waals surface area contributed by atoms with E-state index in [0.29, 0.717) is 17.0 Å². The van der Waals surface area contributed by atoms with Crippen LogP contribution >= 0.6 is 0 Å². The van der Waals surface area contributed by atoms with Crippen LogP contribution in [0.4, 0.5) is 11.6 Å². The maximum absolute atomic E-state index is 5.36. The minimum atomic E-state index is 0.603. The lowest BCUT2D eigenvalue weighted by Crippen LogP contribution is -2.38. The third kappa shape index (κ3) is 3.05. The molecule has 10 nitrogen and oxygen atoms in total. The third-order valence-corrected chi connectivity index (χ3v) is 4.02. The van der Waals surface area contributed by atoms with E-state index < -0.39 is 0 Å². The first-order valence-electron chi connectivity index (χ1n) is 7.90. The third-order valence-electron chi connectivity index (χ3n) is 4.02. The molecule has 0 unspecified atom stereocenters. The van der Waals surface area contributed by atoms with Gasteiger partial charge < -0.3 is 10.1 Å². The van der Waals surface area contributed by atoms with Crippen molar-refractivity contribution in [1.82, 2.24) is 39.6 Å². The van der Waals surface area contributed by atoms with Crippen molar-refractivity contribution in [3.8, 4) is 0 Å². The molecule has 0 spiro atoms. The van der Waals surface area contributed by atoms with Gasteiger partial charge in [0.25, 0.3) is 0 Å². The summed E-state index contributed by atoms with van der Waals surface area (Å²) in [6.45, 7) is 5.40. The van der Waals surface area contributed by atoms with E-state index in [1.165, 1.54) is 6.33 Å². The summed E-state index contributed by atoms with van der Waals surface area (Å²) in [6.07, 6.45) is 3.45. The second-order valence-electron chi connectivity index (χ2n) is 5.65. The summed E-state index contributed by atoms with van der Waals surface area (Å²) in [7, 11) is 1.80. The van der Waals surface area contributed by atoms with Crippen molar-refractivity contribution in [2.24, 2.45) is 7.05 Å². The van der Waals surface area contributed by atoms with E-state index in [1.807, 2.05) is 16.9 Å². The molecule has 126 valence electrons. The second kappa shape index (κ2) is 6.49. The molecule has 1 saturated heterocycles. The topological polar surface area (TPSA) is 98.8 Å². The lowest BCUT2D eigenvalue weighted by Gasteiger charge is -2.26. The van der Waals surface area contributed by atoms with Crippen LogP contribution in [0.15, 0.2) is 18.6 Å². The summed E-state index contributed by atoms with van der Waals surface area (Å²) in [4.78, 5) is 10.8. The molecule has 1 aliphatic rings. The molecule has 0 radical (unpaired) electrons. The fourth-order valence-corrected chi connectivity index (χ4v) is 2.69. The Kier molecular flexibility index (Phi) is 4.05. The molecule has 0 saturated carbocycles. The van der Waals surface area contributed by atoms with Crippen molar-refractivity contribution in [3.63, 3.8) is 0 Å². The molecule has 0 aromatic carbocycles. The van der Waals surface area contributed by atoms with Crippen molar-refractivity contribution in [2.75, 3.05) is 38.2 Å². The molecule has 24 heavy (non-hydrogen) atoms. The standard InChI is InChI=1S/C14H19N9O/c1-21-14-12(18-20-21)13(15-10-16-14)17-11-2-3-23(19-11)5-4-22-6-8-24-9-7-22/h2-3,10H,4-9H2,1H3,(H,15,16,17,19). The van der Waals surface area contributed by atoms with Gasteiger partial charge in [-0.2, -0.15) is 5.10 Å². The van der Waals surface area contributed by atoms with E-state index in [1.54, 1.807) is 11.7 Å². The predicted octanol–water partition coefficient (Wildman–Crippen LogP) is 0.0306. The Morgan fingerprint density at radius 1 is 1.21 bits per heavy atom. The van der Waals surface area contributed by atoms with E-state index in [-0.39, 0.29) is 0 Å². The van der Waals surface area contributed by atoms with Gasteiger partial charge in [-0.05, 0) is 0 Å². The number of hydrogen-bond donors (Lipinski definition) is 1. The number of aromatic nitrogens is 7. The van der Waals surface area contributed by atoms with E-state index >= 15 is 0 Å². The van der Waals surface area contributed by atoms with Gasteiger partial charge in [-0.25, -0.2) is 14.6 Å². The molecule has 1 aliphatic heterocycles. The maximum Gasteiger partial charge on any atom is 0.183 e. The molecule has 3 aromatic rings. The van der Waals surface area contributed by atoms with Gasteiger partial charge in [-0.15, -0.1) is 5.10 Å². The Balaban J connectivity index is 1.42. The smallest absolute Gasteiger partial charge is 0.183 e. The molecule has 10 heteroatoms. The van der Waals surface area contributed by atoms with Crippen LogP contribution in [0.5, 0.6) is 0 Å². The fourth-order valence-electron chi connectivity index (χ4n) is 2.69. The number of anilines is 2. The van der Waals surface area contributed by atoms with Crippen molar-refractivity contribution in [3.05, 3.63) is 18.6 Å². The van der Waals surface area contributed by atoms with E-state index in [4.69, 9.17) is 4.74 Å². The molecule has 0 bridgehead atoms. The quantitative estimate of drug-likeness (QED) is 0.700. The molecule has 4 heterocycles. The molecule has 4 rings (SSSR count). The summed E-state index contributed by atoms with van der Waals surface area (Å²) < 4.78 is 8.90. The minimum absolute atomic E-state index is 0.603. The van der Waals surface area contributed by atoms with Gasteiger partial charge in [0.2, 0.25) is 0 Å². The van der Waals surface area contributed by atoms with E-state index in [2.05, 4.69) is 35.6 Å². The fraction of sp³-hybridized carbons (Fsp3) is 0.500. The van der Waals surface area contributed by atoms with Gasteiger partial charge in [0.15, 0.2) is 22.8 Å². The lowest BCUT2D eigenvalue weighted by atomic mass is 10.4. The second-order valence-corrected chi connectivity index (χ2v) is 5.65. The van der Waals surface area contributed by atoms with Crippen LogP contribution in [0.25, 0.3) is 11.2 Å².